The van der Waals surface area contributed by atoms with Crippen LogP contribution in [-0.2, 0) is 9.53 Å². The first-order valence-electron chi connectivity index (χ1n) is 7.19. The highest BCUT2D eigenvalue weighted by Gasteiger charge is 2.41. The quantitative estimate of drug-likeness (QED) is 0.670. The number of hydrogen-bond donors (Lipinski definition) is 2. The second kappa shape index (κ2) is 6.53. The maximum absolute atomic E-state index is 11.8. The molecule has 2 aliphatic rings. The van der Waals surface area contributed by atoms with E-state index >= 15 is 0 Å². The zero-order chi connectivity index (χ0) is 13.0. The van der Waals surface area contributed by atoms with Crippen LogP contribution in [0.4, 0.5) is 0 Å². The summed E-state index contributed by atoms with van der Waals surface area (Å²) in [6.45, 7) is 3.94. The molecule has 2 bridgehead atoms. The van der Waals surface area contributed by atoms with Gasteiger partial charge in [-0.2, -0.15) is 0 Å². The predicted octanol–water partition coefficient (Wildman–Crippen LogP) is 1.16. The van der Waals surface area contributed by atoms with Crippen molar-refractivity contribution in [3.63, 3.8) is 0 Å². The Balaban J connectivity index is 1.64. The largest absolute Gasteiger partial charge is 0.383 e. The normalized spacial score (nSPS) is 31.6. The number of rotatable bonds is 7. The van der Waals surface area contributed by atoms with Gasteiger partial charge in [-0.1, -0.05) is 6.42 Å². The molecule has 0 radical (unpaired) electrons. The fourth-order valence-corrected chi connectivity index (χ4v) is 3.69. The Kier molecular flexibility index (Phi) is 5.01. The first kappa shape index (κ1) is 13.8. The van der Waals surface area contributed by atoms with Gasteiger partial charge in [0.15, 0.2) is 0 Å². The Morgan fingerprint density at radius 2 is 2.22 bits per heavy atom. The van der Waals surface area contributed by atoms with Crippen molar-refractivity contribution in [1.29, 1.82) is 0 Å². The minimum absolute atomic E-state index is 0.112. The Morgan fingerprint density at radius 1 is 1.39 bits per heavy atom. The van der Waals surface area contributed by atoms with Gasteiger partial charge in [-0.25, -0.2) is 0 Å². The fraction of sp³-hybridized carbons (Fsp3) is 0.929. The van der Waals surface area contributed by atoms with E-state index < -0.39 is 0 Å². The molecule has 2 N–H and O–H groups in total. The van der Waals surface area contributed by atoms with Crippen LogP contribution in [0.1, 0.15) is 32.6 Å². The van der Waals surface area contributed by atoms with Crippen LogP contribution < -0.4 is 10.6 Å². The van der Waals surface area contributed by atoms with Crippen LogP contribution in [0.15, 0.2) is 0 Å². The lowest BCUT2D eigenvalue weighted by Crippen LogP contribution is -2.44. The van der Waals surface area contributed by atoms with Crippen LogP contribution in [0.5, 0.6) is 0 Å². The molecule has 0 heterocycles. The number of hydrogen-bond acceptors (Lipinski definition) is 3. The lowest BCUT2D eigenvalue weighted by Gasteiger charge is -2.28. The number of methoxy groups -OCH3 is 1. The van der Waals surface area contributed by atoms with Crippen LogP contribution in [0, 0.1) is 17.8 Å². The van der Waals surface area contributed by atoms with Gasteiger partial charge >= 0.3 is 0 Å². The first-order valence-corrected chi connectivity index (χ1v) is 7.19. The number of carbonyl (C=O) groups is 1. The second-order valence-electron chi connectivity index (χ2n) is 5.86. The highest BCUT2D eigenvalue weighted by molar-refractivity contribution is 5.78. The van der Waals surface area contributed by atoms with Gasteiger partial charge in [0.1, 0.15) is 0 Å². The van der Waals surface area contributed by atoms with Gasteiger partial charge in [-0.15, -0.1) is 0 Å². The van der Waals surface area contributed by atoms with Gasteiger partial charge in [0.25, 0.3) is 0 Å². The summed E-state index contributed by atoms with van der Waals surface area (Å²) in [5.41, 5.74) is 0. The van der Waals surface area contributed by atoms with Gasteiger partial charge < -0.3 is 15.4 Å². The van der Waals surface area contributed by atoms with Crippen molar-refractivity contribution in [2.45, 2.75) is 38.6 Å². The van der Waals surface area contributed by atoms with Gasteiger partial charge in [-0.3, -0.25) is 4.79 Å². The summed E-state index contributed by atoms with van der Waals surface area (Å²) >= 11 is 0. The molecule has 2 fully saturated rings. The minimum Gasteiger partial charge on any atom is -0.383 e. The number of fused-ring (bicyclic) bond motifs is 2. The number of nitrogens with one attached hydrogen (secondary N) is 2. The zero-order valence-electron chi connectivity index (χ0n) is 11.6. The van der Waals surface area contributed by atoms with Crippen molar-refractivity contribution in [3.05, 3.63) is 0 Å². The Bertz CT molecular complexity index is 283. The molecule has 2 saturated carbocycles. The highest BCUT2D eigenvalue weighted by atomic mass is 16.5. The molecule has 4 nitrogen and oxygen atoms in total. The maximum atomic E-state index is 11.8. The van der Waals surface area contributed by atoms with Crippen molar-refractivity contribution in [1.82, 2.24) is 10.6 Å². The molecule has 4 heteroatoms. The minimum atomic E-state index is 0.112. The molecule has 0 aliphatic heterocycles. The zero-order valence-corrected chi connectivity index (χ0v) is 11.6. The van der Waals surface area contributed by atoms with E-state index in [1.165, 1.54) is 25.7 Å². The number of carbonyl (C=O) groups excluding carboxylic acids is 1. The van der Waals surface area contributed by atoms with E-state index in [1.54, 1.807) is 7.11 Å². The first-order chi connectivity index (χ1) is 8.70. The Labute approximate surface area is 110 Å². The summed E-state index contributed by atoms with van der Waals surface area (Å²) in [6.07, 6.45) is 5.52. The van der Waals surface area contributed by atoms with Crippen LogP contribution in [-0.4, -0.2) is 38.8 Å². The van der Waals surface area contributed by atoms with Crippen LogP contribution >= 0.6 is 0 Å². The Morgan fingerprint density at radius 3 is 2.83 bits per heavy atom. The predicted molar refractivity (Wildman–Crippen MR) is 71.3 cm³/mol. The van der Waals surface area contributed by atoms with Crippen LogP contribution in [0.3, 0.4) is 0 Å². The summed E-state index contributed by atoms with van der Waals surface area (Å²) in [6, 6.07) is 0.331. The summed E-state index contributed by atoms with van der Waals surface area (Å²) in [4.78, 5) is 11.8. The van der Waals surface area contributed by atoms with Crippen molar-refractivity contribution in [3.8, 4) is 0 Å². The van der Waals surface area contributed by atoms with Crippen molar-refractivity contribution in [2.24, 2.45) is 17.8 Å². The lowest BCUT2D eigenvalue weighted by atomic mass is 9.84. The monoisotopic (exact) mass is 254 g/mol. The number of amides is 1. The van der Waals surface area contributed by atoms with Crippen LogP contribution in [0.2, 0.25) is 0 Å². The van der Waals surface area contributed by atoms with Gasteiger partial charge in [0.05, 0.1) is 13.2 Å². The maximum Gasteiger partial charge on any atom is 0.234 e. The third-order valence-corrected chi connectivity index (χ3v) is 4.59. The van der Waals surface area contributed by atoms with E-state index in [0.29, 0.717) is 25.1 Å². The fourth-order valence-electron chi connectivity index (χ4n) is 3.69. The molecule has 0 aromatic heterocycles. The SMILES string of the molecule is COCCNCC(=O)N[C@H](C)[C@H]1C[C@H]2CC[C@H]1C2. The summed E-state index contributed by atoms with van der Waals surface area (Å²) < 4.78 is 4.93. The smallest absolute Gasteiger partial charge is 0.234 e. The number of ether oxygens (including phenoxy) is 1. The molecular formula is C14H26N2O2. The van der Waals surface area contributed by atoms with E-state index in [1.807, 2.05) is 0 Å². The topological polar surface area (TPSA) is 50.4 Å². The third-order valence-electron chi connectivity index (χ3n) is 4.59. The standard InChI is InChI=1S/C14H26N2O2/c1-10(13-8-11-3-4-12(13)7-11)16-14(17)9-15-5-6-18-2/h10-13,15H,3-9H2,1-2H3,(H,16,17)/t10-,11+,12+,13-/m1/s1. The Hall–Kier alpha value is -0.610. The molecule has 18 heavy (non-hydrogen) atoms. The van der Waals surface area contributed by atoms with Crippen molar-refractivity contribution < 1.29 is 9.53 Å². The van der Waals surface area contributed by atoms with Gasteiger partial charge in [0, 0.05) is 19.7 Å². The van der Waals surface area contributed by atoms with E-state index in [9.17, 15) is 4.79 Å². The summed E-state index contributed by atoms with van der Waals surface area (Å²) in [5, 5.41) is 6.22. The molecule has 2 rings (SSSR count). The molecule has 1 amide bonds. The van der Waals surface area contributed by atoms with Gasteiger partial charge in [0.2, 0.25) is 5.91 Å². The summed E-state index contributed by atoms with van der Waals surface area (Å²) in [7, 11) is 1.67. The molecule has 0 aromatic rings. The molecule has 4 atom stereocenters. The third kappa shape index (κ3) is 3.45. The molecule has 0 aromatic carbocycles. The molecule has 2 aliphatic carbocycles. The lowest BCUT2D eigenvalue weighted by molar-refractivity contribution is -0.121. The molecular weight excluding hydrogens is 228 g/mol. The van der Waals surface area contributed by atoms with Crippen LogP contribution in [0.25, 0.3) is 0 Å². The van der Waals surface area contributed by atoms with Crippen molar-refractivity contribution >= 4 is 5.91 Å². The van der Waals surface area contributed by atoms with Gasteiger partial charge in [-0.05, 0) is 43.9 Å². The molecule has 0 spiro atoms. The molecule has 0 saturated heterocycles. The van der Waals surface area contributed by atoms with E-state index in [-0.39, 0.29) is 5.91 Å². The van der Waals surface area contributed by atoms with Crippen molar-refractivity contribution in [2.75, 3.05) is 26.8 Å². The van der Waals surface area contributed by atoms with E-state index in [2.05, 4.69) is 17.6 Å². The second-order valence-corrected chi connectivity index (χ2v) is 5.86. The molecule has 0 unspecified atom stereocenters. The molecule has 104 valence electrons. The highest BCUT2D eigenvalue weighted by Crippen LogP contribution is 2.49. The average Bonchev–Trinajstić information content (AvgIpc) is 2.96. The average molecular weight is 254 g/mol. The summed E-state index contributed by atoms with van der Waals surface area (Å²) in [5.74, 6) is 2.64. The van der Waals surface area contributed by atoms with E-state index in [0.717, 1.165) is 18.4 Å². The van der Waals surface area contributed by atoms with E-state index in [4.69, 9.17) is 4.74 Å².